The highest BCUT2D eigenvalue weighted by molar-refractivity contribution is 5.56. The van der Waals surface area contributed by atoms with Crippen LogP contribution in [0.4, 0.5) is 15.8 Å². The van der Waals surface area contributed by atoms with Gasteiger partial charge in [-0.25, -0.2) is 4.98 Å². The molecule has 7 nitrogen and oxygen atoms in total. The first-order valence-electron chi connectivity index (χ1n) is 5.54. The minimum absolute atomic E-state index is 0.00707. The molecule has 0 aliphatic carbocycles. The normalized spacial score (nSPS) is 10.1. The van der Waals surface area contributed by atoms with Gasteiger partial charge in [0.05, 0.1) is 16.8 Å². The monoisotopic (exact) mass is 276 g/mol. The van der Waals surface area contributed by atoms with Crippen molar-refractivity contribution in [3.63, 3.8) is 0 Å². The number of rotatable bonds is 4. The zero-order valence-electron chi connectivity index (χ0n) is 10.4. The molecule has 2 rings (SSSR count). The van der Waals surface area contributed by atoms with Gasteiger partial charge in [0.1, 0.15) is 12.3 Å². The second-order valence-electron chi connectivity index (χ2n) is 3.94. The number of oxazole rings is 1. The fourth-order valence-corrected chi connectivity index (χ4v) is 1.60. The lowest BCUT2D eigenvalue weighted by molar-refractivity contribution is -0.387. The summed E-state index contributed by atoms with van der Waals surface area (Å²) in [6, 6.07) is 3.22. The Kier molecular flexibility index (Phi) is 3.61. The summed E-state index contributed by atoms with van der Waals surface area (Å²) in [7, 11) is 0. The molecule has 1 aromatic carbocycles. The molecule has 0 N–H and O–H groups in total. The Morgan fingerprint density at radius 1 is 1.60 bits per heavy atom. The molecule has 0 fully saturated rings. The summed E-state index contributed by atoms with van der Waals surface area (Å²) in [4.78, 5) is 14.9. The van der Waals surface area contributed by atoms with Gasteiger partial charge in [-0.05, 0) is 19.1 Å². The van der Waals surface area contributed by atoms with Crippen molar-refractivity contribution in [3.8, 4) is 6.19 Å². The van der Waals surface area contributed by atoms with Crippen molar-refractivity contribution >= 4 is 11.4 Å². The maximum Gasteiger partial charge on any atom is 0.306 e. The lowest BCUT2D eigenvalue weighted by Gasteiger charge is -2.13. The predicted molar refractivity (Wildman–Crippen MR) is 66.1 cm³/mol. The van der Waals surface area contributed by atoms with E-state index in [0.29, 0.717) is 5.76 Å². The Labute approximate surface area is 113 Å². The summed E-state index contributed by atoms with van der Waals surface area (Å²) in [6.45, 7) is 1.71. The van der Waals surface area contributed by atoms with Crippen molar-refractivity contribution in [3.05, 3.63) is 52.0 Å². The van der Waals surface area contributed by atoms with Crippen LogP contribution < -0.4 is 4.90 Å². The van der Waals surface area contributed by atoms with E-state index in [1.54, 1.807) is 6.92 Å². The van der Waals surface area contributed by atoms with E-state index in [9.17, 15) is 14.5 Å². The molecule has 0 saturated carbocycles. The number of nitro groups is 1. The average Bonchev–Trinajstić information content (AvgIpc) is 2.82. The number of anilines is 1. The van der Waals surface area contributed by atoms with Crippen LogP contribution in [0.1, 0.15) is 11.7 Å². The standard InChI is InChI=1S/C12H9FN4O3/c1-8-5-15-12(20-8)6-16(7-14)9-2-3-10(13)11(4-9)17(18)19/h2-5H,6H2,1H3. The highest BCUT2D eigenvalue weighted by atomic mass is 19.1. The highest BCUT2D eigenvalue weighted by Gasteiger charge is 2.18. The molecule has 2 aromatic rings. The number of aryl methyl sites for hydroxylation is 1. The number of hydrogen-bond donors (Lipinski definition) is 0. The van der Waals surface area contributed by atoms with Crippen LogP contribution in [-0.2, 0) is 6.54 Å². The third-order valence-corrected chi connectivity index (χ3v) is 2.52. The Hall–Kier alpha value is -2.95. The van der Waals surface area contributed by atoms with Crippen molar-refractivity contribution in [1.82, 2.24) is 4.98 Å². The quantitative estimate of drug-likeness (QED) is 0.368. The molecular weight excluding hydrogens is 267 g/mol. The van der Waals surface area contributed by atoms with E-state index in [4.69, 9.17) is 9.68 Å². The van der Waals surface area contributed by atoms with Gasteiger partial charge in [-0.1, -0.05) is 0 Å². The van der Waals surface area contributed by atoms with Crippen molar-refractivity contribution in [2.45, 2.75) is 13.5 Å². The molecule has 102 valence electrons. The van der Waals surface area contributed by atoms with Gasteiger partial charge in [0.15, 0.2) is 6.19 Å². The number of hydrogen-bond acceptors (Lipinski definition) is 6. The van der Waals surface area contributed by atoms with Crippen molar-refractivity contribution in [2.75, 3.05) is 4.90 Å². The maximum absolute atomic E-state index is 13.2. The molecule has 20 heavy (non-hydrogen) atoms. The minimum atomic E-state index is -0.955. The molecule has 0 atom stereocenters. The van der Waals surface area contributed by atoms with E-state index in [0.717, 1.165) is 17.0 Å². The zero-order valence-corrected chi connectivity index (χ0v) is 10.4. The minimum Gasteiger partial charge on any atom is -0.444 e. The molecular formula is C12H9FN4O3. The molecule has 1 heterocycles. The highest BCUT2D eigenvalue weighted by Crippen LogP contribution is 2.25. The Bertz CT molecular complexity index is 692. The molecule has 0 unspecified atom stereocenters. The first-order valence-corrected chi connectivity index (χ1v) is 5.54. The lowest BCUT2D eigenvalue weighted by Crippen LogP contribution is -2.16. The summed E-state index contributed by atoms with van der Waals surface area (Å²) >= 11 is 0. The van der Waals surface area contributed by atoms with E-state index < -0.39 is 16.4 Å². The predicted octanol–water partition coefficient (Wildman–Crippen LogP) is 2.52. The van der Waals surface area contributed by atoms with Crippen LogP contribution in [0.3, 0.4) is 0 Å². The van der Waals surface area contributed by atoms with Crippen LogP contribution in [0.5, 0.6) is 0 Å². The number of nitro benzene ring substituents is 1. The van der Waals surface area contributed by atoms with Gasteiger partial charge in [0.25, 0.3) is 0 Å². The number of aromatic nitrogens is 1. The van der Waals surface area contributed by atoms with Gasteiger partial charge in [0.2, 0.25) is 11.7 Å². The number of nitrogens with zero attached hydrogens (tertiary/aromatic N) is 4. The van der Waals surface area contributed by atoms with E-state index in [1.807, 2.05) is 6.19 Å². The van der Waals surface area contributed by atoms with Crippen LogP contribution in [0.15, 0.2) is 28.8 Å². The molecule has 0 bridgehead atoms. The topological polar surface area (TPSA) is 96.2 Å². The summed E-state index contributed by atoms with van der Waals surface area (Å²) in [5, 5.41) is 19.8. The average molecular weight is 276 g/mol. The SMILES string of the molecule is Cc1cnc(CN(C#N)c2ccc(F)c([N+](=O)[O-])c2)o1. The molecule has 0 aliphatic heterocycles. The summed E-state index contributed by atoms with van der Waals surface area (Å²) in [6.07, 6.45) is 3.35. The number of nitriles is 1. The molecule has 8 heteroatoms. The molecule has 0 spiro atoms. The largest absolute Gasteiger partial charge is 0.444 e. The van der Waals surface area contributed by atoms with Gasteiger partial charge in [0, 0.05) is 6.07 Å². The van der Waals surface area contributed by atoms with Crippen LogP contribution in [0.25, 0.3) is 0 Å². The van der Waals surface area contributed by atoms with Gasteiger partial charge in [-0.15, -0.1) is 0 Å². The fraction of sp³-hybridized carbons (Fsp3) is 0.167. The van der Waals surface area contributed by atoms with Gasteiger partial charge in [-0.2, -0.15) is 9.65 Å². The van der Waals surface area contributed by atoms with Crippen LogP contribution in [0.2, 0.25) is 0 Å². The Morgan fingerprint density at radius 2 is 2.35 bits per heavy atom. The Morgan fingerprint density at radius 3 is 2.90 bits per heavy atom. The maximum atomic E-state index is 13.2. The van der Waals surface area contributed by atoms with Gasteiger partial charge >= 0.3 is 5.69 Å². The van der Waals surface area contributed by atoms with Crippen LogP contribution >= 0.6 is 0 Å². The second kappa shape index (κ2) is 5.36. The number of halogens is 1. The van der Waals surface area contributed by atoms with E-state index in [2.05, 4.69) is 4.98 Å². The van der Waals surface area contributed by atoms with Gasteiger partial charge in [-0.3, -0.25) is 15.0 Å². The summed E-state index contributed by atoms with van der Waals surface area (Å²) in [5.74, 6) is -0.0809. The lowest BCUT2D eigenvalue weighted by atomic mass is 10.2. The first-order chi connectivity index (χ1) is 9.51. The number of benzene rings is 1. The second-order valence-corrected chi connectivity index (χ2v) is 3.94. The third kappa shape index (κ3) is 2.72. The van der Waals surface area contributed by atoms with E-state index >= 15 is 0 Å². The summed E-state index contributed by atoms with van der Waals surface area (Å²) < 4.78 is 18.5. The molecule has 0 saturated heterocycles. The van der Waals surface area contributed by atoms with E-state index in [1.165, 1.54) is 12.3 Å². The Balaban J connectivity index is 2.30. The van der Waals surface area contributed by atoms with Crippen molar-refractivity contribution in [2.24, 2.45) is 0 Å². The first kappa shape index (κ1) is 13.5. The van der Waals surface area contributed by atoms with E-state index in [-0.39, 0.29) is 18.1 Å². The van der Waals surface area contributed by atoms with Crippen molar-refractivity contribution in [1.29, 1.82) is 5.26 Å². The molecule has 0 aliphatic rings. The van der Waals surface area contributed by atoms with Crippen LogP contribution in [0, 0.1) is 34.3 Å². The zero-order chi connectivity index (χ0) is 14.7. The molecule has 0 radical (unpaired) electrons. The molecule has 1 aromatic heterocycles. The summed E-state index contributed by atoms with van der Waals surface area (Å²) in [5.41, 5.74) is -0.497. The van der Waals surface area contributed by atoms with Crippen molar-refractivity contribution < 1.29 is 13.7 Å². The van der Waals surface area contributed by atoms with Crippen LogP contribution in [-0.4, -0.2) is 9.91 Å². The smallest absolute Gasteiger partial charge is 0.306 e. The van der Waals surface area contributed by atoms with Gasteiger partial charge < -0.3 is 4.42 Å². The molecule has 0 amide bonds. The fourth-order valence-electron chi connectivity index (χ4n) is 1.60. The third-order valence-electron chi connectivity index (χ3n) is 2.52.